The van der Waals surface area contributed by atoms with Crippen molar-refractivity contribution in [1.29, 1.82) is 0 Å². The predicted octanol–water partition coefficient (Wildman–Crippen LogP) is 4.53. The lowest BCUT2D eigenvalue weighted by Gasteiger charge is -2.21. The molecule has 0 unspecified atom stereocenters. The average molecular weight is 383 g/mol. The van der Waals surface area contributed by atoms with E-state index in [1.807, 2.05) is 23.6 Å². The van der Waals surface area contributed by atoms with Crippen LogP contribution < -0.4 is 5.73 Å². The van der Waals surface area contributed by atoms with E-state index in [9.17, 15) is 13.2 Å². The minimum Gasteiger partial charge on any atom is -0.404 e. The summed E-state index contributed by atoms with van der Waals surface area (Å²) in [5, 5.41) is 8.72. The van der Waals surface area contributed by atoms with Gasteiger partial charge in [-0.05, 0) is 60.9 Å². The molecule has 0 saturated carbocycles. The number of aryl methyl sites for hydroxylation is 3. The van der Waals surface area contributed by atoms with E-state index < -0.39 is 12.6 Å². The summed E-state index contributed by atoms with van der Waals surface area (Å²) in [6.07, 6.45) is -1.46. The van der Waals surface area contributed by atoms with Crippen LogP contribution in [0.2, 0.25) is 5.02 Å². The Morgan fingerprint density at radius 3 is 2.69 bits per heavy atom. The van der Waals surface area contributed by atoms with E-state index >= 15 is 0 Å². The van der Waals surface area contributed by atoms with Crippen LogP contribution in [-0.2, 0) is 12.8 Å². The molecule has 1 aliphatic heterocycles. The number of aromatic nitrogens is 3. The molecular weight excluding hydrogens is 365 g/mol. The van der Waals surface area contributed by atoms with Gasteiger partial charge in [0.1, 0.15) is 11.6 Å². The van der Waals surface area contributed by atoms with Crippen molar-refractivity contribution in [3.05, 3.63) is 57.8 Å². The van der Waals surface area contributed by atoms with Gasteiger partial charge in [-0.3, -0.25) is 4.57 Å². The predicted molar refractivity (Wildman–Crippen MR) is 95.1 cm³/mol. The summed E-state index contributed by atoms with van der Waals surface area (Å²) in [4.78, 5) is 0. The lowest BCUT2D eigenvalue weighted by atomic mass is 9.96. The SMILES string of the molecule is C/C(=C\C(=C/N)CC(F)(F)F)c1cc2c(cc1Cl)-n1c(C)nnc1CC2. The van der Waals surface area contributed by atoms with E-state index in [0.717, 1.165) is 41.9 Å². The molecule has 4 nitrogen and oxygen atoms in total. The first kappa shape index (κ1) is 18.5. The number of rotatable bonds is 3. The van der Waals surface area contributed by atoms with Gasteiger partial charge < -0.3 is 5.73 Å². The largest absolute Gasteiger partial charge is 0.404 e. The molecular formula is C18H18ClF3N4. The number of hydrogen-bond acceptors (Lipinski definition) is 3. The molecule has 0 bridgehead atoms. The van der Waals surface area contributed by atoms with Crippen LogP contribution in [-0.4, -0.2) is 20.9 Å². The van der Waals surface area contributed by atoms with E-state index in [0.29, 0.717) is 16.2 Å². The van der Waals surface area contributed by atoms with Gasteiger partial charge in [-0.1, -0.05) is 17.7 Å². The average Bonchev–Trinajstić information content (AvgIpc) is 2.94. The lowest BCUT2D eigenvalue weighted by molar-refractivity contribution is -0.126. The van der Waals surface area contributed by atoms with Crippen molar-refractivity contribution >= 4 is 17.2 Å². The molecule has 1 aromatic carbocycles. The number of benzene rings is 1. The Hall–Kier alpha value is -2.28. The molecule has 1 aromatic heterocycles. The van der Waals surface area contributed by atoms with E-state index in [1.165, 1.54) is 6.08 Å². The molecule has 0 saturated heterocycles. The zero-order chi connectivity index (χ0) is 19.1. The van der Waals surface area contributed by atoms with Gasteiger partial charge in [-0.2, -0.15) is 13.2 Å². The smallest absolute Gasteiger partial charge is 0.393 e. The van der Waals surface area contributed by atoms with Crippen molar-refractivity contribution in [2.24, 2.45) is 5.73 Å². The summed E-state index contributed by atoms with van der Waals surface area (Å²) in [5.41, 5.74) is 8.66. The maximum Gasteiger partial charge on any atom is 0.393 e. The second-order valence-corrected chi connectivity index (χ2v) is 6.73. The minimum atomic E-state index is -4.32. The molecule has 2 aromatic rings. The molecule has 1 aliphatic rings. The van der Waals surface area contributed by atoms with Gasteiger partial charge >= 0.3 is 6.18 Å². The Labute approximate surface area is 154 Å². The topological polar surface area (TPSA) is 56.7 Å². The molecule has 0 aliphatic carbocycles. The Bertz CT molecular complexity index is 910. The Morgan fingerprint density at radius 1 is 1.31 bits per heavy atom. The van der Waals surface area contributed by atoms with Gasteiger partial charge in [0.05, 0.1) is 17.1 Å². The van der Waals surface area contributed by atoms with Crippen molar-refractivity contribution in [3.8, 4) is 5.69 Å². The van der Waals surface area contributed by atoms with Crippen LogP contribution >= 0.6 is 11.6 Å². The summed E-state index contributed by atoms with van der Waals surface area (Å²) in [7, 11) is 0. The highest BCUT2D eigenvalue weighted by Crippen LogP contribution is 2.34. The van der Waals surface area contributed by atoms with Crippen molar-refractivity contribution in [2.75, 3.05) is 0 Å². The molecule has 0 radical (unpaired) electrons. The van der Waals surface area contributed by atoms with Gasteiger partial charge in [0.15, 0.2) is 0 Å². The van der Waals surface area contributed by atoms with Crippen molar-refractivity contribution in [1.82, 2.24) is 14.8 Å². The number of allylic oxidation sites excluding steroid dienone is 3. The first-order valence-electron chi connectivity index (χ1n) is 8.09. The van der Waals surface area contributed by atoms with Crippen LogP contribution in [0.3, 0.4) is 0 Å². The molecule has 26 heavy (non-hydrogen) atoms. The fourth-order valence-electron chi connectivity index (χ4n) is 3.19. The van der Waals surface area contributed by atoms with Gasteiger partial charge in [-0.25, -0.2) is 0 Å². The van der Waals surface area contributed by atoms with Gasteiger partial charge in [0.25, 0.3) is 0 Å². The zero-order valence-electron chi connectivity index (χ0n) is 14.4. The Kier molecular flexibility index (Phi) is 4.84. The number of halogens is 4. The van der Waals surface area contributed by atoms with E-state index in [4.69, 9.17) is 17.3 Å². The molecule has 138 valence electrons. The normalized spacial score (nSPS) is 15.0. The number of nitrogens with two attached hydrogens (primary N) is 1. The highest BCUT2D eigenvalue weighted by atomic mass is 35.5. The third kappa shape index (κ3) is 3.62. The van der Waals surface area contributed by atoms with Crippen LogP contribution in [0.1, 0.15) is 36.1 Å². The molecule has 0 atom stereocenters. The minimum absolute atomic E-state index is 0.000674. The fourth-order valence-corrected chi connectivity index (χ4v) is 3.50. The van der Waals surface area contributed by atoms with Gasteiger partial charge in [0, 0.05) is 6.42 Å². The zero-order valence-corrected chi connectivity index (χ0v) is 15.1. The quantitative estimate of drug-likeness (QED) is 0.794. The molecule has 0 amide bonds. The van der Waals surface area contributed by atoms with E-state index in [2.05, 4.69) is 10.2 Å². The Morgan fingerprint density at radius 2 is 2.04 bits per heavy atom. The van der Waals surface area contributed by atoms with Crippen LogP contribution in [0.4, 0.5) is 13.2 Å². The molecule has 2 heterocycles. The van der Waals surface area contributed by atoms with E-state index in [-0.39, 0.29) is 5.57 Å². The van der Waals surface area contributed by atoms with Crippen molar-refractivity contribution < 1.29 is 13.2 Å². The first-order chi connectivity index (χ1) is 12.2. The summed E-state index contributed by atoms with van der Waals surface area (Å²) < 4.78 is 39.9. The number of fused-ring (bicyclic) bond motifs is 3. The molecule has 8 heteroatoms. The summed E-state index contributed by atoms with van der Waals surface area (Å²) in [6, 6.07) is 3.74. The molecule has 0 spiro atoms. The highest BCUT2D eigenvalue weighted by Gasteiger charge is 2.28. The lowest BCUT2D eigenvalue weighted by Crippen LogP contribution is -2.14. The standard InChI is InChI=1S/C18H18ClF3N4/c1-10(5-12(9-23)8-18(20,21)22)14-6-13-3-4-17-25-24-11(2)26(17)16(13)7-15(14)19/h5-7,9H,3-4,8,23H2,1-2H3/b10-5+,12-9+. The van der Waals surface area contributed by atoms with E-state index in [1.54, 1.807) is 6.92 Å². The van der Waals surface area contributed by atoms with Crippen molar-refractivity contribution in [3.63, 3.8) is 0 Å². The summed E-state index contributed by atoms with van der Waals surface area (Å²) >= 11 is 6.43. The first-order valence-corrected chi connectivity index (χ1v) is 8.47. The third-order valence-corrected chi connectivity index (χ3v) is 4.68. The van der Waals surface area contributed by atoms with Crippen LogP contribution in [0.25, 0.3) is 11.3 Å². The van der Waals surface area contributed by atoms with Crippen LogP contribution in [0.15, 0.2) is 30.0 Å². The maximum atomic E-state index is 12.6. The summed E-state index contributed by atoms with van der Waals surface area (Å²) in [6.45, 7) is 3.60. The fraction of sp³-hybridized carbons (Fsp3) is 0.333. The number of alkyl halides is 3. The second kappa shape index (κ2) is 6.79. The van der Waals surface area contributed by atoms with Gasteiger partial charge in [0.2, 0.25) is 0 Å². The second-order valence-electron chi connectivity index (χ2n) is 6.32. The third-order valence-electron chi connectivity index (χ3n) is 4.36. The van der Waals surface area contributed by atoms with Crippen LogP contribution in [0.5, 0.6) is 0 Å². The highest BCUT2D eigenvalue weighted by molar-refractivity contribution is 6.32. The molecule has 2 N–H and O–H groups in total. The monoisotopic (exact) mass is 382 g/mol. The number of nitrogens with zero attached hydrogens (tertiary/aromatic N) is 3. The van der Waals surface area contributed by atoms with Gasteiger partial charge in [-0.15, -0.1) is 10.2 Å². The maximum absolute atomic E-state index is 12.6. The van der Waals surface area contributed by atoms with Crippen molar-refractivity contribution in [2.45, 2.75) is 39.3 Å². The molecule has 0 fully saturated rings. The summed E-state index contributed by atoms with van der Waals surface area (Å²) in [5.74, 6) is 1.65. The molecule has 3 rings (SSSR count). The Balaban J connectivity index is 2.00. The van der Waals surface area contributed by atoms with Crippen LogP contribution in [0, 0.1) is 6.92 Å². The number of hydrogen-bond donors (Lipinski definition) is 1.